The molecule has 0 unspecified atom stereocenters. The third-order valence-corrected chi connectivity index (χ3v) is 6.76. The number of benzene rings is 1. The Balaban J connectivity index is 1.75. The molecule has 4 nitrogen and oxygen atoms in total. The Morgan fingerprint density at radius 3 is 2.69 bits per heavy atom. The molecule has 0 aliphatic carbocycles. The van der Waals surface area contributed by atoms with E-state index in [1.54, 1.807) is 11.3 Å². The molecule has 1 aliphatic rings. The molecule has 0 radical (unpaired) electrons. The van der Waals surface area contributed by atoms with Crippen molar-refractivity contribution < 1.29 is 0 Å². The molecule has 0 saturated carbocycles. The van der Waals surface area contributed by atoms with Crippen LogP contribution in [0.2, 0.25) is 0 Å². The molecule has 1 fully saturated rings. The zero-order valence-corrected chi connectivity index (χ0v) is 18.7. The normalized spacial score (nSPS) is 18.2. The van der Waals surface area contributed by atoms with E-state index < -0.39 is 0 Å². The Morgan fingerprint density at radius 1 is 1.17 bits per heavy atom. The summed E-state index contributed by atoms with van der Waals surface area (Å²) in [6.45, 7) is 11.8. The fourth-order valence-electron chi connectivity index (χ4n) is 4.44. The van der Waals surface area contributed by atoms with Gasteiger partial charge in [-0.1, -0.05) is 19.9 Å². The molecule has 0 N–H and O–H groups in total. The standard InChI is InChI=1S/C24H31N3OS/c1-16(2)23-25-22-8-7-19(20-9-11-29-15-20)12-21(22)24(28)27(23)14-18-6-5-10-26(13-18)17(3)4/h7-9,11-12,15-18H,5-6,10,13-14H2,1-4H3/t18-/m0/s1. The lowest BCUT2D eigenvalue weighted by molar-refractivity contribution is 0.129. The number of rotatable bonds is 5. The number of thiophene rings is 1. The second kappa shape index (κ2) is 8.41. The van der Waals surface area contributed by atoms with Crippen molar-refractivity contribution in [2.24, 2.45) is 5.92 Å². The van der Waals surface area contributed by atoms with Crippen molar-refractivity contribution in [2.45, 2.75) is 59.0 Å². The number of piperidine rings is 1. The third kappa shape index (κ3) is 4.17. The average Bonchev–Trinajstić information content (AvgIpc) is 3.24. The van der Waals surface area contributed by atoms with Crippen LogP contribution < -0.4 is 5.56 Å². The van der Waals surface area contributed by atoms with Crippen LogP contribution in [-0.2, 0) is 6.54 Å². The van der Waals surface area contributed by atoms with E-state index in [9.17, 15) is 4.79 Å². The van der Waals surface area contributed by atoms with Crippen LogP contribution in [-0.4, -0.2) is 33.6 Å². The second-order valence-corrected chi connectivity index (χ2v) is 9.66. The molecule has 1 atom stereocenters. The van der Waals surface area contributed by atoms with Gasteiger partial charge in [0.05, 0.1) is 10.9 Å². The first-order valence-electron chi connectivity index (χ1n) is 10.7. The fourth-order valence-corrected chi connectivity index (χ4v) is 5.10. The molecule has 1 aliphatic heterocycles. The molecule has 0 amide bonds. The summed E-state index contributed by atoms with van der Waals surface area (Å²) < 4.78 is 1.97. The Bertz CT molecular complexity index is 1040. The molecule has 4 rings (SSSR count). The lowest BCUT2D eigenvalue weighted by Gasteiger charge is -2.36. The molecule has 154 valence electrons. The van der Waals surface area contributed by atoms with Crippen molar-refractivity contribution >= 4 is 22.2 Å². The maximum atomic E-state index is 13.6. The van der Waals surface area contributed by atoms with Crippen LogP contribution >= 0.6 is 11.3 Å². The predicted octanol–water partition coefficient (Wildman–Crippen LogP) is 5.37. The number of hydrogen-bond acceptors (Lipinski definition) is 4. The van der Waals surface area contributed by atoms with Gasteiger partial charge in [0.2, 0.25) is 0 Å². The Morgan fingerprint density at radius 2 is 2.00 bits per heavy atom. The minimum Gasteiger partial charge on any atom is -0.301 e. The smallest absolute Gasteiger partial charge is 0.261 e. The summed E-state index contributed by atoms with van der Waals surface area (Å²) in [4.78, 5) is 21.0. The first-order chi connectivity index (χ1) is 13.9. The lowest BCUT2D eigenvalue weighted by atomic mass is 9.96. The summed E-state index contributed by atoms with van der Waals surface area (Å²) in [5.74, 6) is 1.63. The van der Waals surface area contributed by atoms with Crippen molar-refractivity contribution in [3.63, 3.8) is 0 Å². The first-order valence-corrected chi connectivity index (χ1v) is 11.7. The summed E-state index contributed by atoms with van der Waals surface area (Å²) in [7, 11) is 0. The molecular formula is C24H31N3OS. The predicted molar refractivity (Wildman–Crippen MR) is 123 cm³/mol. The lowest BCUT2D eigenvalue weighted by Crippen LogP contribution is -2.42. The number of aromatic nitrogens is 2. The van der Waals surface area contributed by atoms with Crippen LogP contribution in [0.5, 0.6) is 0 Å². The van der Waals surface area contributed by atoms with Crippen LogP contribution in [0.3, 0.4) is 0 Å². The van der Waals surface area contributed by atoms with Gasteiger partial charge in [-0.05, 0) is 79.2 Å². The minimum absolute atomic E-state index is 0.109. The van der Waals surface area contributed by atoms with Crippen molar-refractivity contribution in [1.29, 1.82) is 0 Å². The molecule has 1 saturated heterocycles. The quantitative estimate of drug-likeness (QED) is 0.569. The molecule has 5 heteroatoms. The molecule has 2 aromatic heterocycles. The summed E-state index contributed by atoms with van der Waals surface area (Å²) in [5, 5.41) is 4.93. The average molecular weight is 410 g/mol. The summed E-state index contributed by atoms with van der Waals surface area (Å²) in [6.07, 6.45) is 2.39. The van der Waals surface area contributed by atoms with Crippen molar-refractivity contribution in [3.8, 4) is 11.1 Å². The van der Waals surface area contributed by atoms with E-state index in [-0.39, 0.29) is 11.5 Å². The Hall–Kier alpha value is -1.98. The van der Waals surface area contributed by atoms with Crippen LogP contribution in [0.15, 0.2) is 39.8 Å². The van der Waals surface area contributed by atoms with Crippen molar-refractivity contribution in [3.05, 3.63) is 51.2 Å². The largest absolute Gasteiger partial charge is 0.301 e. The second-order valence-electron chi connectivity index (χ2n) is 8.88. The van der Waals surface area contributed by atoms with Crippen LogP contribution in [0.25, 0.3) is 22.0 Å². The SMILES string of the molecule is CC(C)c1nc2ccc(-c3ccsc3)cc2c(=O)n1C[C@H]1CCCN(C(C)C)C1. The van der Waals surface area contributed by atoms with Crippen LogP contribution in [0.1, 0.15) is 52.3 Å². The van der Waals surface area contributed by atoms with Crippen molar-refractivity contribution in [1.82, 2.24) is 14.5 Å². The topological polar surface area (TPSA) is 38.1 Å². The maximum absolute atomic E-state index is 13.6. The highest BCUT2D eigenvalue weighted by molar-refractivity contribution is 7.08. The molecule has 29 heavy (non-hydrogen) atoms. The molecule has 0 bridgehead atoms. The van der Waals surface area contributed by atoms with E-state index in [2.05, 4.69) is 55.5 Å². The van der Waals surface area contributed by atoms with Gasteiger partial charge in [-0.2, -0.15) is 11.3 Å². The number of fused-ring (bicyclic) bond motifs is 1. The molecule has 3 heterocycles. The first kappa shape index (κ1) is 20.3. The molecule has 3 aromatic rings. The Labute approximate surface area is 177 Å². The van der Waals surface area contributed by atoms with Gasteiger partial charge in [-0.3, -0.25) is 9.36 Å². The highest BCUT2D eigenvalue weighted by atomic mass is 32.1. The zero-order valence-electron chi connectivity index (χ0n) is 17.9. The van der Waals surface area contributed by atoms with E-state index in [4.69, 9.17) is 4.98 Å². The van der Waals surface area contributed by atoms with E-state index in [1.165, 1.54) is 19.4 Å². The van der Waals surface area contributed by atoms with Gasteiger partial charge in [0, 0.05) is 25.0 Å². The molecule has 0 spiro atoms. The van der Waals surface area contributed by atoms with Gasteiger partial charge < -0.3 is 4.90 Å². The van der Waals surface area contributed by atoms with Gasteiger partial charge >= 0.3 is 0 Å². The van der Waals surface area contributed by atoms with Crippen LogP contribution in [0, 0.1) is 5.92 Å². The maximum Gasteiger partial charge on any atom is 0.261 e. The van der Waals surface area contributed by atoms with Gasteiger partial charge in [-0.25, -0.2) is 4.98 Å². The highest BCUT2D eigenvalue weighted by Crippen LogP contribution is 2.26. The monoisotopic (exact) mass is 409 g/mol. The van der Waals surface area contributed by atoms with Crippen LogP contribution in [0.4, 0.5) is 0 Å². The van der Waals surface area contributed by atoms with E-state index >= 15 is 0 Å². The van der Waals surface area contributed by atoms with Crippen molar-refractivity contribution in [2.75, 3.05) is 13.1 Å². The highest BCUT2D eigenvalue weighted by Gasteiger charge is 2.24. The van der Waals surface area contributed by atoms with Gasteiger partial charge in [0.1, 0.15) is 5.82 Å². The fraction of sp³-hybridized carbons (Fsp3) is 0.500. The van der Waals surface area contributed by atoms with Gasteiger partial charge in [0.25, 0.3) is 5.56 Å². The number of hydrogen-bond donors (Lipinski definition) is 0. The summed E-state index contributed by atoms with van der Waals surface area (Å²) in [5.41, 5.74) is 3.17. The molecule has 1 aromatic carbocycles. The summed E-state index contributed by atoms with van der Waals surface area (Å²) in [6, 6.07) is 8.76. The zero-order chi connectivity index (χ0) is 20.5. The third-order valence-electron chi connectivity index (χ3n) is 6.08. The van der Waals surface area contributed by atoms with Gasteiger partial charge in [0.15, 0.2) is 0 Å². The number of nitrogens with zero attached hydrogens (tertiary/aromatic N) is 3. The molecular weight excluding hydrogens is 378 g/mol. The van der Waals surface area contributed by atoms with Gasteiger partial charge in [-0.15, -0.1) is 0 Å². The van der Waals surface area contributed by atoms with E-state index in [0.717, 1.165) is 40.9 Å². The number of likely N-dealkylation sites (tertiary alicyclic amines) is 1. The Kier molecular flexibility index (Phi) is 5.88. The van der Waals surface area contributed by atoms with E-state index in [1.807, 2.05) is 16.7 Å². The van der Waals surface area contributed by atoms with E-state index in [0.29, 0.717) is 12.0 Å². The minimum atomic E-state index is 0.109. The summed E-state index contributed by atoms with van der Waals surface area (Å²) >= 11 is 1.68.